The molecule has 0 aliphatic heterocycles. The van der Waals surface area contributed by atoms with E-state index in [2.05, 4.69) is 15.4 Å². The molecule has 2 rings (SSSR count). The predicted octanol–water partition coefficient (Wildman–Crippen LogP) is 2.03. The van der Waals surface area contributed by atoms with Crippen LogP contribution in [0.2, 0.25) is 0 Å². The summed E-state index contributed by atoms with van der Waals surface area (Å²) < 4.78 is 39.0. The minimum atomic E-state index is -4.52. The Morgan fingerprint density at radius 2 is 2.12 bits per heavy atom. The summed E-state index contributed by atoms with van der Waals surface area (Å²) in [5.74, 6) is -1.16. The molecule has 1 aromatic carbocycles. The number of hydrogen-bond acceptors (Lipinski definition) is 5. The number of carbonyl (C=O) groups excluding carboxylic acids is 1. The molecule has 0 saturated heterocycles. The minimum Gasteiger partial charge on any atom is -0.390 e. The molecule has 11 heteroatoms. The van der Waals surface area contributed by atoms with Gasteiger partial charge in [-0.3, -0.25) is 4.79 Å². The molecule has 0 atom stereocenters. The number of nitro groups is 1. The van der Waals surface area contributed by atoms with Gasteiger partial charge in [0.05, 0.1) is 12.1 Å². The number of halogens is 3. The second-order valence-electron chi connectivity index (χ2n) is 4.75. The fourth-order valence-electron chi connectivity index (χ4n) is 1.86. The number of carbonyl (C=O) groups is 1. The summed E-state index contributed by atoms with van der Waals surface area (Å²) in [5, 5.41) is 16.5. The van der Waals surface area contributed by atoms with Crippen LogP contribution in [0.15, 0.2) is 30.6 Å². The van der Waals surface area contributed by atoms with Gasteiger partial charge in [0.1, 0.15) is 0 Å². The Bertz CT molecular complexity index is 744. The van der Waals surface area contributed by atoms with E-state index in [1.54, 1.807) is 0 Å². The fourth-order valence-corrected chi connectivity index (χ4v) is 1.86. The molecular formula is C13H12F3N5O3. The molecule has 0 saturated carbocycles. The maximum Gasteiger partial charge on any atom is 0.490 e. The molecule has 0 unspecified atom stereocenters. The largest absolute Gasteiger partial charge is 0.490 e. The lowest BCUT2D eigenvalue weighted by atomic mass is 10.1. The lowest BCUT2D eigenvalue weighted by Gasteiger charge is -2.09. The van der Waals surface area contributed by atoms with Crippen molar-refractivity contribution >= 4 is 11.9 Å². The van der Waals surface area contributed by atoms with E-state index in [1.165, 1.54) is 17.1 Å². The summed E-state index contributed by atoms with van der Waals surface area (Å²) in [5.41, 5.74) is -0.994. The lowest BCUT2D eigenvalue weighted by molar-refractivity contribution is -0.394. The van der Waals surface area contributed by atoms with E-state index < -0.39 is 28.5 Å². The number of benzene rings is 1. The number of alkyl halides is 3. The van der Waals surface area contributed by atoms with Crippen molar-refractivity contribution in [1.82, 2.24) is 20.1 Å². The molecular weight excluding hydrogens is 331 g/mol. The predicted molar refractivity (Wildman–Crippen MR) is 75.1 cm³/mol. The van der Waals surface area contributed by atoms with Gasteiger partial charge in [0.2, 0.25) is 6.33 Å². The van der Waals surface area contributed by atoms with Gasteiger partial charge in [-0.25, -0.2) is 0 Å². The van der Waals surface area contributed by atoms with E-state index in [0.29, 0.717) is 6.42 Å². The first-order valence-corrected chi connectivity index (χ1v) is 6.76. The number of hydrogen-bond donors (Lipinski definition) is 1. The van der Waals surface area contributed by atoms with Crippen LogP contribution in [-0.2, 0) is 12.7 Å². The lowest BCUT2D eigenvalue weighted by Crippen LogP contribution is -2.25. The zero-order chi connectivity index (χ0) is 17.7. The van der Waals surface area contributed by atoms with Gasteiger partial charge in [0.25, 0.3) is 5.91 Å². The Morgan fingerprint density at radius 1 is 1.38 bits per heavy atom. The number of nitrogens with one attached hydrogen (secondary N) is 1. The smallest absolute Gasteiger partial charge is 0.390 e. The minimum absolute atomic E-state index is 0.0961. The molecule has 128 valence electrons. The van der Waals surface area contributed by atoms with Crippen LogP contribution in [0.4, 0.5) is 19.1 Å². The van der Waals surface area contributed by atoms with E-state index >= 15 is 0 Å². The fraction of sp³-hybridized carbons (Fsp3) is 0.308. The highest BCUT2D eigenvalue weighted by atomic mass is 19.4. The van der Waals surface area contributed by atoms with E-state index in [0.717, 1.165) is 18.2 Å². The highest BCUT2D eigenvalue weighted by molar-refractivity contribution is 5.94. The highest BCUT2D eigenvalue weighted by Gasteiger charge is 2.30. The highest BCUT2D eigenvalue weighted by Crippen LogP contribution is 2.29. The second-order valence-corrected chi connectivity index (χ2v) is 4.75. The van der Waals surface area contributed by atoms with Crippen molar-refractivity contribution in [2.24, 2.45) is 0 Å². The number of aryl methyl sites for hydroxylation is 1. The van der Waals surface area contributed by atoms with Gasteiger partial charge in [0.15, 0.2) is 0 Å². The molecule has 1 heterocycles. The van der Waals surface area contributed by atoms with Crippen LogP contribution in [0.1, 0.15) is 22.3 Å². The van der Waals surface area contributed by atoms with Crippen LogP contribution in [-0.4, -0.2) is 32.1 Å². The van der Waals surface area contributed by atoms with Crippen LogP contribution >= 0.6 is 0 Å². The molecule has 0 radical (unpaired) electrons. The number of aromatic nitrogens is 3. The molecule has 0 bridgehead atoms. The quantitative estimate of drug-likeness (QED) is 0.491. The Labute approximate surface area is 133 Å². The topological polar surface area (TPSA) is 103 Å². The Hall–Kier alpha value is -2.98. The molecule has 24 heavy (non-hydrogen) atoms. The maximum atomic E-state index is 12.6. The maximum absolute atomic E-state index is 12.6. The normalized spacial score (nSPS) is 11.3. The van der Waals surface area contributed by atoms with Crippen molar-refractivity contribution in [3.8, 4) is 0 Å². The standard InChI is InChI=1S/C13H12F3N5O3/c14-13(15,16)10-4-1-3-9(7-10)11(22)17-5-2-6-20-8-18-12(19-20)21(23)24/h1,3-4,7-8H,2,5-6H2,(H,17,22). The third-order valence-electron chi connectivity index (χ3n) is 2.99. The molecule has 0 fully saturated rings. The van der Waals surface area contributed by atoms with E-state index in [9.17, 15) is 28.1 Å². The monoisotopic (exact) mass is 343 g/mol. The van der Waals surface area contributed by atoms with Crippen molar-refractivity contribution in [2.75, 3.05) is 6.54 Å². The Kier molecular flexibility index (Phi) is 5.11. The van der Waals surface area contributed by atoms with E-state index in [1.807, 2.05) is 0 Å². The van der Waals surface area contributed by atoms with Crippen molar-refractivity contribution in [2.45, 2.75) is 19.1 Å². The summed E-state index contributed by atoms with van der Waals surface area (Å²) in [6.45, 7) is 0.437. The summed E-state index contributed by atoms with van der Waals surface area (Å²) >= 11 is 0. The van der Waals surface area contributed by atoms with Gasteiger partial charge < -0.3 is 15.4 Å². The van der Waals surface area contributed by atoms with Crippen LogP contribution < -0.4 is 5.32 Å². The Balaban J connectivity index is 1.84. The van der Waals surface area contributed by atoms with E-state index in [-0.39, 0.29) is 18.7 Å². The first-order chi connectivity index (χ1) is 11.3. The van der Waals surface area contributed by atoms with Gasteiger partial charge in [-0.05, 0) is 29.5 Å². The molecule has 1 N–H and O–H groups in total. The molecule has 0 aliphatic carbocycles. The zero-order valence-electron chi connectivity index (χ0n) is 12.2. The number of rotatable bonds is 6. The van der Waals surface area contributed by atoms with Crippen LogP contribution in [0.5, 0.6) is 0 Å². The average molecular weight is 343 g/mol. The third kappa shape index (κ3) is 4.51. The first kappa shape index (κ1) is 17.4. The molecule has 1 amide bonds. The number of nitrogens with zero attached hydrogens (tertiary/aromatic N) is 4. The summed E-state index contributed by atoms with van der Waals surface area (Å²) in [6.07, 6.45) is -2.95. The molecule has 1 aromatic heterocycles. The second kappa shape index (κ2) is 7.06. The summed E-state index contributed by atoms with van der Waals surface area (Å²) in [6, 6.07) is 4.10. The average Bonchev–Trinajstić information content (AvgIpc) is 3.00. The molecule has 2 aromatic rings. The van der Waals surface area contributed by atoms with Gasteiger partial charge in [-0.15, -0.1) is 0 Å². The third-order valence-corrected chi connectivity index (χ3v) is 2.99. The molecule has 8 nitrogen and oxygen atoms in total. The molecule has 0 aliphatic rings. The van der Waals surface area contributed by atoms with Crippen LogP contribution in [0.25, 0.3) is 0 Å². The van der Waals surface area contributed by atoms with Gasteiger partial charge in [0, 0.05) is 17.2 Å². The van der Waals surface area contributed by atoms with Crippen molar-refractivity contribution in [1.29, 1.82) is 0 Å². The van der Waals surface area contributed by atoms with E-state index in [4.69, 9.17) is 0 Å². The van der Waals surface area contributed by atoms with Gasteiger partial charge in [-0.1, -0.05) is 11.1 Å². The van der Waals surface area contributed by atoms with Crippen LogP contribution in [0.3, 0.4) is 0 Å². The molecule has 0 spiro atoms. The summed E-state index contributed by atoms with van der Waals surface area (Å²) in [4.78, 5) is 25.0. The Morgan fingerprint density at radius 3 is 2.75 bits per heavy atom. The number of amides is 1. The first-order valence-electron chi connectivity index (χ1n) is 6.76. The summed E-state index contributed by atoms with van der Waals surface area (Å²) in [7, 11) is 0. The SMILES string of the molecule is O=C(NCCCn1cnc([N+](=O)[O-])n1)c1cccc(C(F)(F)F)c1. The van der Waals surface area contributed by atoms with Crippen molar-refractivity contribution < 1.29 is 22.9 Å². The van der Waals surface area contributed by atoms with Gasteiger partial charge >= 0.3 is 12.1 Å². The van der Waals surface area contributed by atoms with Crippen LogP contribution in [0, 0.1) is 10.1 Å². The van der Waals surface area contributed by atoms with Gasteiger partial charge in [-0.2, -0.15) is 17.9 Å². The zero-order valence-corrected chi connectivity index (χ0v) is 12.2. The van der Waals surface area contributed by atoms with Crippen molar-refractivity contribution in [3.63, 3.8) is 0 Å². The van der Waals surface area contributed by atoms with Crippen molar-refractivity contribution in [3.05, 3.63) is 51.8 Å².